The van der Waals surface area contributed by atoms with Gasteiger partial charge in [0.15, 0.2) is 0 Å². The fourth-order valence-corrected chi connectivity index (χ4v) is 1.54. The smallest absolute Gasteiger partial charge is 0.0638 e. The maximum Gasteiger partial charge on any atom is 0.0638 e. The average molecular weight is 197 g/mol. The molecule has 0 fully saturated rings. The lowest BCUT2D eigenvalue weighted by atomic mass is 10.1. The highest BCUT2D eigenvalue weighted by Crippen LogP contribution is 2.06. The summed E-state index contributed by atoms with van der Waals surface area (Å²) in [7, 11) is 6.29. The Morgan fingerprint density at radius 1 is 1.21 bits per heavy atom. The van der Waals surface area contributed by atoms with Crippen molar-refractivity contribution in [3.05, 3.63) is 0 Å². The van der Waals surface area contributed by atoms with E-state index in [9.17, 15) is 0 Å². The van der Waals surface area contributed by atoms with Crippen LogP contribution in [0.15, 0.2) is 0 Å². The monoisotopic (exact) mass is 197 g/mol. The normalized spacial score (nSPS) is 13.2. The Hall–Kier alpha value is -0.590. The van der Waals surface area contributed by atoms with Crippen LogP contribution in [0.4, 0.5) is 0 Å². The van der Waals surface area contributed by atoms with E-state index < -0.39 is 0 Å². The highest BCUT2D eigenvalue weighted by molar-refractivity contribution is 4.80. The molecule has 0 radical (unpaired) electrons. The molecule has 0 aliphatic rings. The lowest BCUT2D eigenvalue weighted by Gasteiger charge is -2.25. The first-order valence-electron chi connectivity index (χ1n) is 5.33. The summed E-state index contributed by atoms with van der Waals surface area (Å²) >= 11 is 0. The fraction of sp³-hybridized carbons (Fsp3) is 0.909. The molecule has 0 aromatic rings. The molecule has 0 saturated heterocycles. The lowest BCUT2D eigenvalue weighted by Crippen LogP contribution is -2.33. The van der Waals surface area contributed by atoms with Gasteiger partial charge in [-0.25, -0.2) is 0 Å². The van der Waals surface area contributed by atoms with E-state index in [0.717, 1.165) is 19.5 Å². The first-order chi connectivity index (χ1) is 6.61. The third kappa shape index (κ3) is 5.95. The second-order valence-electron chi connectivity index (χ2n) is 4.06. The van der Waals surface area contributed by atoms with Crippen LogP contribution in [0.1, 0.15) is 26.2 Å². The van der Waals surface area contributed by atoms with Gasteiger partial charge >= 0.3 is 0 Å². The van der Waals surface area contributed by atoms with Crippen molar-refractivity contribution in [3.63, 3.8) is 0 Å². The lowest BCUT2D eigenvalue weighted by molar-refractivity contribution is 0.225. The molecule has 0 heterocycles. The maximum atomic E-state index is 8.65. The van der Waals surface area contributed by atoms with Crippen LogP contribution in [0, 0.1) is 11.3 Å². The fourth-order valence-electron chi connectivity index (χ4n) is 1.54. The average Bonchev–Trinajstić information content (AvgIpc) is 2.13. The zero-order valence-corrected chi connectivity index (χ0v) is 9.95. The van der Waals surface area contributed by atoms with Crippen molar-refractivity contribution in [1.29, 1.82) is 5.26 Å². The summed E-state index contributed by atoms with van der Waals surface area (Å²) in [6.45, 7) is 4.34. The number of nitrogens with zero attached hydrogens (tertiary/aromatic N) is 3. The molecule has 0 spiro atoms. The van der Waals surface area contributed by atoms with E-state index in [1.54, 1.807) is 0 Å². The van der Waals surface area contributed by atoms with Gasteiger partial charge in [-0.3, -0.25) is 0 Å². The van der Waals surface area contributed by atoms with Gasteiger partial charge < -0.3 is 9.80 Å². The Bertz CT molecular complexity index is 172. The highest BCUT2D eigenvalue weighted by Gasteiger charge is 2.11. The first kappa shape index (κ1) is 13.4. The number of nitriles is 1. The summed E-state index contributed by atoms with van der Waals surface area (Å²) in [5.74, 6) is 0. The minimum atomic E-state index is 0.433. The Balaban J connectivity index is 3.70. The number of rotatable bonds is 7. The second kappa shape index (κ2) is 7.78. The molecule has 3 heteroatoms. The molecule has 1 unspecified atom stereocenters. The molecule has 14 heavy (non-hydrogen) atoms. The van der Waals surface area contributed by atoms with E-state index in [-0.39, 0.29) is 0 Å². The highest BCUT2D eigenvalue weighted by atomic mass is 15.1. The van der Waals surface area contributed by atoms with Crippen molar-refractivity contribution < 1.29 is 0 Å². The third-order valence-electron chi connectivity index (χ3n) is 2.54. The van der Waals surface area contributed by atoms with E-state index >= 15 is 0 Å². The maximum absolute atomic E-state index is 8.65. The minimum absolute atomic E-state index is 0.433. The molecular formula is C11H23N3. The minimum Gasteiger partial charge on any atom is -0.309 e. The summed E-state index contributed by atoms with van der Waals surface area (Å²) < 4.78 is 0. The molecule has 0 rings (SSSR count). The van der Waals surface area contributed by atoms with Crippen LogP contribution in [0.25, 0.3) is 0 Å². The Kier molecular flexibility index (Phi) is 7.45. The Morgan fingerprint density at radius 3 is 2.29 bits per heavy atom. The van der Waals surface area contributed by atoms with Gasteiger partial charge in [0.1, 0.15) is 0 Å². The summed E-state index contributed by atoms with van der Waals surface area (Å²) in [5.41, 5.74) is 0. The van der Waals surface area contributed by atoms with Gasteiger partial charge in [0.05, 0.1) is 12.5 Å². The molecule has 82 valence electrons. The second-order valence-corrected chi connectivity index (χ2v) is 4.06. The molecule has 1 atom stereocenters. The van der Waals surface area contributed by atoms with E-state index in [0.29, 0.717) is 12.5 Å². The van der Waals surface area contributed by atoms with Crippen LogP contribution >= 0.6 is 0 Å². The molecule has 0 aromatic heterocycles. The molecule has 0 aliphatic carbocycles. The van der Waals surface area contributed by atoms with Gasteiger partial charge in [0.25, 0.3) is 0 Å². The van der Waals surface area contributed by atoms with Crippen molar-refractivity contribution in [2.24, 2.45) is 0 Å². The third-order valence-corrected chi connectivity index (χ3v) is 2.54. The topological polar surface area (TPSA) is 30.3 Å². The predicted molar refractivity (Wildman–Crippen MR) is 60.1 cm³/mol. The molecule has 0 saturated carbocycles. The molecule has 0 aromatic carbocycles. The van der Waals surface area contributed by atoms with Gasteiger partial charge in [-0.05, 0) is 47.1 Å². The predicted octanol–water partition coefficient (Wildman–Crippen LogP) is 1.56. The van der Waals surface area contributed by atoms with E-state index in [1.165, 1.54) is 6.42 Å². The van der Waals surface area contributed by atoms with Crippen molar-refractivity contribution >= 4 is 0 Å². The molecule has 0 N–H and O–H groups in total. The number of hydrogen-bond acceptors (Lipinski definition) is 3. The summed E-state index contributed by atoms with van der Waals surface area (Å²) in [4.78, 5) is 4.49. The van der Waals surface area contributed by atoms with Crippen molar-refractivity contribution in [3.8, 4) is 6.07 Å². The molecule has 3 nitrogen and oxygen atoms in total. The van der Waals surface area contributed by atoms with Gasteiger partial charge in [-0.15, -0.1) is 0 Å². The summed E-state index contributed by atoms with van der Waals surface area (Å²) in [6.07, 6.45) is 2.88. The van der Waals surface area contributed by atoms with E-state index in [1.807, 2.05) is 0 Å². The summed E-state index contributed by atoms with van der Waals surface area (Å²) in [5, 5.41) is 8.65. The van der Waals surface area contributed by atoms with Crippen LogP contribution in [-0.4, -0.2) is 50.1 Å². The van der Waals surface area contributed by atoms with E-state index in [2.05, 4.69) is 43.9 Å². The Morgan fingerprint density at radius 2 is 1.86 bits per heavy atom. The first-order valence-corrected chi connectivity index (χ1v) is 5.33. The standard InChI is InChI=1S/C11H23N3/c1-5-11(7-8-12)14(4)10-6-9-13(2)3/h11H,5-7,9-10H2,1-4H3. The summed E-state index contributed by atoms with van der Waals surface area (Å²) in [6, 6.07) is 2.68. The SMILES string of the molecule is CCC(CC#N)N(C)CCCN(C)C. The zero-order valence-electron chi connectivity index (χ0n) is 9.95. The molecule has 0 amide bonds. The Labute approximate surface area is 88.3 Å². The van der Waals surface area contributed by atoms with E-state index in [4.69, 9.17) is 5.26 Å². The molecular weight excluding hydrogens is 174 g/mol. The van der Waals surface area contributed by atoms with Crippen molar-refractivity contribution in [2.75, 3.05) is 34.2 Å². The van der Waals surface area contributed by atoms with Crippen LogP contribution in [0.5, 0.6) is 0 Å². The van der Waals surface area contributed by atoms with Crippen molar-refractivity contribution in [1.82, 2.24) is 9.80 Å². The largest absolute Gasteiger partial charge is 0.309 e. The van der Waals surface area contributed by atoms with Crippen molar-refractivity contribution in [2.45, 2.75) is 32.2 Å². The zero-order chi connectivity index (χ0) is 11.0. The van der Waals surface area contributed by atoms with Gasteiger partial charge in [-0.2, -0.15) is 5.26 Å². The quantitative estimate of drug-likeness (QED) is 0.620. The van der Waals surface area contributed by atoms with Gasteiger partial charge in [0, 0.05) is 6.04 Å². The van der Waals surface area contributed by atoms with Crippen LogP contribution < -0.4 is 0 Å². The van der Waals surface area contributed by atoms with Crippen LogP contribution in [0.2, 0.25) is 0 Å². The molecule has 0 bridgehead atoms. The molecule has 0 aliphatic heterocycles. The number of hydrogen-bond donors (Lipinski definition) is 0. The van der Waals surface area contributed by atoms with Crippen LogP contribution in [-0.2, 0) is 0 Å². The van der Waals surface area contributed by atoms with Crippen LogP contribution in [0.3, 0.4) is 0 Å². The van der Waals surface area contributed by atoms with Gasteiger partial charge in [-0.1, -0.05) is 6.92 Å². The van der Waals surface area contributed by atoms with Gasteiger partial charge in [0.2, 0.25) is 0 Å².